The van der Waals surface area contributed by atoms with Gasteiger partial charge in [0.25, 0.3) is 5.56 Å². The van der Waals surface area contributed by atoms with Gasteiger partial charge in [-0.25, -0.2) is 4.99 Å². The van der Waals surface area contributed by atoms with Crippen LogP contribution in [0.4, 0.5) is 5.69 Å². The number of fused-ring (bicyclic) bond motifs is 3. The maximum atomic E-state index is 13.9. The average molecular weight is 540 g/mol. The molecule has 1 atom stereocenters. The first-order valence-corrected chi connectivity index (χ1v) is 13.5. The molecule has 8 nitrogen and oxygen atoms in total. The number of nitro benzene ring substituents is 1. The molecular weight excluding hydrogens is 514 g/mol. The van der Waals surface area contributed by atoms with Gasteiger partial charge < -0.3 is 9.47 Å². The molecule has 1 unspecified atom stereocenters. The summed E-state index contributed by atoms with van der Waals surface area (Å²) in [6, 6.07) is 20.5. The van der Waals surface area contributed by atoms with Gasteiger partial charge in [0.05, 0.1) is 34.9 Å². The van der Waals surface area contributed by atoms with E-state index in [0.29, 0.717) is 21.5 Å². The average Bonchev–Trinajstić information content (AvgIpc) is 3.26. The molecule has 0 radical (unpaired) electrons. The molecule has 6 rings (SSSR count). The number of thiazole rings is 1. The fourth-order valence-electron chi connectivity index (χ4n) is 5.30. The zero-order valence-corrected chi connectivity index (χ0v) is 22.2. The van der Waals surface area contributed by atoms with Crippen LogP contribution in [0.15, 0.2) is 82.1 Å². The Morgan fingerprint density at radius 3 is 2.67 bits per heavy atom. The smallest absolute Gasteiger partial charge is 0.311 e. The highest BCUT2D eigenvalue weighted by Crippen LogP contribution is 2.41. The van der Waals surface area contributed by atoms with Crippen LogP contribution < -0.4 is 24.4 Å². The molecule has 1 aliphatic heterocycles. The Bertz CT molecular complexity index is 1820. The molecule has 0 N–H and O–H groups in total. The summed E-state index contributed by atoms with van der Waals surface area (Å²) in [7, 11) is 1.63. The van der Waals surface area contributed by atoms with Crippen LogP contribution in [0.5, 0.6) is 11.5 Å². The fraction of sp³-hybridized carbons (Fsp3) is 0.200. The standard InChI is InChI=1S/C30H25N3O5S/c1-3-38-25-15-8-18(16-24(25)33(35)36)17-26-29(34)32-28(20-9-12-21(37-2)13-10-20)23-14-11-19-6-4-5-7-22(19)27(23)31-30(32)39-26/h4-10,12-13,15-17,28H,3,11,14H2,1-2H3. The number of nitro groups is 1. The zero-order valence-electron chi connectivity index (χ0n) is 21.4. The van der Waals surface area contributed by atoms with Crippen molar-refractivity contribution < 1.29 is 14.4 Å². The van der Waals surface area contributed by atoms with Crippen LogP contribution in [0.3, 0.4) is 0 Å². The minimum atomic E-state index is -0.473. The number of ether oxygens (including phenoxy) is 2. The lowest BCUT2D eigenvalue weighted by Gasteiger charge is -2.30. The molecule has 3 aromatic carbocycles. The lowest BCUT2D eigenvalue weighted by Crippen LogP contribution is -2.38. The Kier molecular flexibility index (Phi) is 6.36. The molecule has 0 fully saturated rings. The van der Waals surface area contributed by atoms with Crippen molar-refractivity contribution in [2.24, 2.45) is 4.99 Å². The van der Waals surface area contributed by atoms with Crippen molar-refractivity contribution in [3.8, 4) is 11.5 Å². The summed E-state index contributed by atoms with van der Waals surface area (Å²) < 4.78 is 13.0. The molecule has 1 aliphatic carbocycles. The van der Waals surface area contributed by atoms with Gasteiger partial charge in [0.2, 0.25) is 0 Å². The first-order chi connectivity index (χ1) is 19.0. The largest absolute Gasteiger partial charge is 0.497 e. The summed E-state index contributed by atoms with van der Waals surface area (Å²) in [6.45, 7) is 2.09. The molecule has 0 bridgehead atoms. The third-order valence-electron chi connectivity index (χ3n) is 7.08. The van der Waals surface area contributed by atoms with E-state index in [9.17, 15) is 14.9 Å². The van der Waals surface area contributed by atoms with Crippen LogP contribution in [-0.4, -0.2) is 23.2 Å². The molecular formula is C30H25N3O5S. The van der Waals surface area contributed by atoms with Gasteiger partial charge in [0, 0.05) is 11.6 Å². The molecule has 0 saturated carbocycles. The highest BCUT2D eigenvalue weighted by molar-refractivity contribution is 7.07. The maximum Gasteiger partial charge on any atom is 0.311 e. The second-order valence-electron chi connectivity index (χ2n) is 9.30. The Labute approximate surface area is 228 Å². The Hall–Kier alpha value is -4.50. The van der Waals surface area contributed by atoms with E-state index in [1.165, 1.54) is 23.0 Å². The molecule has 2 heterocycles. The van der Waals surface area contributed by atoms with E-state index in [1.807, 2.05) is 36.4 Å². The van der Waals surface area contributed by atoms with Gasteiger partial charge in [-0.2, -0.15) is 0 Å². The van der Waals surface area contributed by atoms with Gasteiger partial charge in [0.1, 0.15) is 5.75 Å². The van der Waals surface area contributed by atoms with Crippen molar-refractivity contribution in [2.75, 3.05) is 13.7 Å². The Balaban J connectivity index is 1.56. The van der Waals surface area contributed by atoms with E-state index in [2.05, 4.69) is 12.1 Å². The minimum absolute atomic E-state index is 0.137. The number of rotatable bonds is 6. The monoisotopic (exact) mass is 539 g/mol. The summed E-state index contributed by atoms with van der Waals surface area (Å²) in [6.07, 6.45) is 3.35. The van der Waals surface area contributed by atoms with E-state index >= 15 is 0 Å². The molecule has 0 saturated heterocycles. The zero-order chi connectivity index (χ0) is 27.1. The van der Waals surface area contributed by atoms with Crippen molar-refractivity contribution in [2.45, 2.75) is 25.8 Å². The van der Waals surface area contributed by atoms with Crippen molar-refractivity contribution >= 4 is 28.8 Å². The maximum absolute atomic E-state index is 13.9. The first-order valence-electron chi connectivity index (χ1n) is 12.7. The van der Waals surface area contributed by atoms with E-state index in [4.69, 9.17) is 14.5 Å². The summed E-state index contributed by atoms with van der Waals surface area (Å²) in [5.74, 6) is 0.943. The summed E-state index contributed by atoms with van der Waals surface area (Å²) in [5.41, 5.74) is 5.57. The van der Waals surface area contributed by atoms with Crippen molar-refractivity contribution in [1.29, 1.82) is 0 Å². The Morgan fingerprint density at radius 2 is 1.92 bits per heavy atom. The van der Waals surface area contributed by atoms with E-state index < -0.39 is 4.92 Å². The van der Waals surface area contributed by atoms with Crippen LogP contribution in [0.25, 0.3) is 11.8 Å². The van der Waals surface area contributed by atoms with Crippen LogP contribution >= 0.6 is 11.3 Å². The molecule has 39 heavy (non-hydrogen) atoms. The number of hydrogen-bond donors (Lipinski definition) is 0. The van der Waals surface area contributed by atoms with Crippen LogP contribution in [0.1, 0.15) is 41.6 Å². The van der Waals surface area contributed by atoms with Crippen LogP contribution in [0.2, 0.25) is 0 Å². The minimum Gasteiger partial charge on any atom is -0.497 e. The van der Waals surface area contributed by atoms with E-state index in [-0.39, 0.29) is 23.0 Å². The molecule has 1 aromatic heterocycles. The highest BCUT2D eigenvalue weighted by Gasteiger charge is 2.32. The number of hydrogen-bond acceptors (Lipinski definition) is 7. The molecule has 0 spiro atoms. The molecule has 2 aliphatic rings. The van der Waals surface area contributed by atoms with Gasteiger partial charge in [-0.05, 0) is 66.3 Å². The second kappa shape index (κ2) is 9.99. The Morgan fingerprint density at radius 1 is 1.13 bits per heavy atom. The quantitative estimate of drug-likeness (QED) is 0.263. The highest BCUT2D eigenvalue weighted by atomic mass is 32.1. The number of allylic oxidation sites excluding steroid dienone is 1. The van der Waals surface area contributed by atoms with Gasteiger partial charge >= 0.3 is 5.69 Å². The summed E-state index contributed by atoms with van der Waals surface area (Å²) in [4.78, 5) is 30.7. The molecule has 9 heteroatoms. The van der Waals surface area contributed by atoms with Gasteiger partial charge in [-0.1, -0.05) is 53.8 Å². The predicted octanol–water partition coefficient (Wildman–Crippen LogP) is 4.63. The number of aromatic nitrogens is 1. The third kappa shape index (κ3) is 4.34. The van der Waals surface area contributed by atoms with Crippen molar-refractivity contribution in [1.82, 2.24) is 4.57 Å². The number of aryl methyl sites for hydroxylation is 1. The molecule has 0 amide bonds. The summed E-state index contributed by atoms with van der Waals surface area (Å²) >= 11 is 1.29. The topological polar surface area (TPSA) is 96.0 Å². The molecule has 4 aromatic rings. The molecule has 196 valence electrons. The number of benzene rings is 3. The predicted molar refractivity (Wildman–Crippen MR) is 150 cm³/mol. The van der Waals surface area contributed by atoms with Gasteiger partial charge in [-0.3, -0.25) is 19.5 Å². The normalized spacial score (nSPS) is 16.2. The van der Waals surface area contributed by atoms with Crippen LogP contribution in [-0.2, 0) is 6.42 Å². The lowest BCUT2D eigenvalue weighted by atomic mass is 9.83. The SMILES string of the molecule is CCOc1ccc(C=c2sc3n(c2=O)C(c2ccc(OC)cc2)C2=C(N=3)c3ccccc3CC2)cc1[N+](=O)[O-]. The third-order valence-corrected chi connectivity index (χ3v) is 8.06. The first kappa shape index (κ1) is 24.8. The van der Waals surface area contributed by atoms with Crippen LogP contribution in [0, 0.1) is 10.1 Å². The fourth-order valence-corrected chi connectivity index (χ4v) is 6.31. The van der Waals surface area contributed by atoms with Crippen molar-refractivity contribution in [3.63, 3.8) is 0 Å². The summed E-state index contributed by atoms with van der Waals surface area (Å²) in [5, 5.41) is 11.6. The number of methoxy groups -OCH3 is 1. The van der Waals surface area contributed by atoms with Crippen molar-refractivity contribution in [3.05, 3.63) is 124 Å². The second-order valence-corrected chi connectivity index (χ2v) is 10.3. The number of nitrogens with zero attached hydrogens (tertiary/aromatic N) is 3. The lowest BCUT2D eigenvalue weighted by molar-refractivity contribution is -0.385. The van der Waals surface area contributed by atoms with E-state index in [0.717, 1.165) is 41.0 Å². The van der Waals surface area contributed by atoms with Gasteiger partial charge in [0.15, 0.2) is 10.6 Å². The van der Waals surface area contributed by atoms with Gasteiger partial charge in [-0.15, -0.1) is 0 Å². The van der Waals surface area contributed by atoms with E-state index in [1.54, 1.807) is 36.8 Å².